The summed E-state index contributed by atoms with van der Waals surface area (Å²) in [5.41, 5.74) is 8.67. The molecule has 8 nitrogen and oxygen atoms in total. The van der Waals surface area contributed by atoms with Crippen molar-refractivity contribution in [2.45, 2.75) is 19.9 Å². The van der Waals surface area contributed by atoms with E-state index in [0.717, 1.165) is 17.0 Å². The number of nitrogens with zero attached hydrogens (tertiary/aromatic N) is 4. The summed E-state index contributed by atoms with van der Waals surface area (Å²) in [6, 6.07) is 11.1. The first-order valence-corrected chi connectivity index (χ1v) is 8.93. The Hall–Kier alpha value is -3.55. The molecule has 3 heterocycles. The number of aryl methyl sites for hydroxylation is 1. The molecule has 0 fully saturated rings. The van der Waals surface area contributed by atoms with Gasteiger partial charge in [-0.15, -0.1) is 5.10 Å². The molecular formula is C20H22N6O2. The van der Waals surface area contributed by atoms with Crippen LogP contribution in [0.4, 0.5) is 11.6 Å². The summed E-state index contributed by atoms with van der Waals surface area (Å²) >= 11 is 0. The minimum atomic E-state index is -0.565. The SMILES string of the molecule is CC1=C(C(N)=O)C(c2ccc(C)o2)n2nc(-c3ccc(N(C)C)cc3)nc2N1. The van der Waals surface area contributed by atoms with Crippen LogP contribution in [-0.2, 0) is 4.79 Å². The van der Waals surface area contributed by atoms with Gasteiger partial charge in [-0.2, -0.15) is 4.98 Å². The van der Waals surface area contributed by atoms with Crippen LogP contribution in [0.25, 0.3) is 11.4 Å². The van der Waals surface area contributed by atoms with Crippen molar-refractivity contribution >= 4 is 17.5 Å². The summed E-state index contributed by atoms with van der Waals surface area (Å²) in [4.78, 5) is 18.8. The number of allylic oxidation sites excluding steroid dienone is 1. The van der Waals surface area contributed by atoms with Crippen LogP contribution in [0.5, 0.6) is 0 Å². The fourth-order valence-corrected chi connectivity index (χ4v) is 3.36. The Labute approximate surface area is 162 Å². The second-order valence-corrected chi connectivity index (χ2v) is 7.02. The molecule has 4 rings (SSSR count). The third-order valence-electron chi connectivity index (χ3n) is 4.79. The number of nitrogens with two attached hydrogens (primary N) is 1. The smallest absolute Gasteiger partial charge is 0.249 e. The second kappa shape index (κ2) is 6.56. The number of aromatic nitrogens is 3. The highest BCUT2D eigenvalue weighted by Gasteiger charge is 2.35. The molecule has 0 aliphatic carbocycles. The zero-order valence-corrected chi connectivity index (χ0v) is 16.2. The first-order valence-electron chi connectivity index (χ1n) is 8.93. The third-order valence-corrected chi connectivity index (χ3v) is 4.79. The molecule has 1 aromatic carbocycles. The van der Waals surface area contributed by atoms with E-state index in [-0.39, 0.29) is 0 Å². The molecule has 0 spiro atoms. The largest absolute Gasteiger partial charge is 0.464 e. The highest BCUT2D eigenvalue weighted by Crippen LogP contribution is 2.36. The lowest BCUT2D eigenvalue weighted by molar-refractivity contribution is -0.115. The van der Waals surface area contributed by atoms with Crippen LogP contribution in [0.2, 0.25) is 0 Å². The Balaban J connectivity index is 1.81. The Morgan fingerprint density at radius 3 is 2.46 bits per heavy atom. The molecule has 0 saturated carbocycles. The van der Waals surface area contributed by atoms with Crippen molar-refractivity contribution in [3.8, 4) is 11.4 Å². The normalized spacial score (nSPS) is 15.9. The van der Waals surface area contributed by atoms with E-state index in [1.165, 1.54) is 0 Å². The molecule has 1 amide bonds. The van der Waals surface area contributed by atoms with Crippen molar-refractivity contribution in [1.29, 1.82) is 0 Å². The summed E-state index contributed by atoms with van der Waals surface area (Å²) in [6.07, 6.45) is 0. The minimum absolute atomic E-state index is 0.404. The van der Waals surface area contributed by atoms with E-state index >= 15 is 0 Å². The summed E-state index contributed by atoms with van der Waals surface area (Å²) in [7, 11) is 3.98. The lowest BCUT2D eigenvalue weighted by Gasteiger charge is -2.25. The van der Waals surface area contributed by atoms with E-state index in [1.807, 2.05) is 62.3 Å². The summed E-state index contributed by atoms with van der Waals surface area (Å²) in [5, 5.41) is 7.79. The predicted octanol–water partition coefficient (Wildman–Crippen LogP) is 2.69. The minimum Gasteiger partial charge on any atom is -0.464 e. The Kier molecular flexibility index (Phi) is 4.18. The molecule has 2 aromatic heterocycles. The summed E-state index contributed by atoms with van der Waals surface area (Å²) in [5.74, 6) is 1.90. The van der Waals surface area contributed by atoms with Crippen molar-refractivity contribution in [3.63, 3.8) is 0 Å². The maximum Gasteiger partial charge on any atom is 0.249 e. The molecule has 1 aliphatic heterocycles. The van der Waals surface area contributed by atoms with E-state index in [0.29, 0.717) is 28.8 Å². The molecule has 0 bridgehead atoms. The van der Waals surface area contributed by atoms with Gasteiger partial charge in [0.2, 0.25) is 11.9 Å². The van der Waals surface area contributed by atoms with E-state index in [1.54, 1.807) is 11.6 Å². The van der Waals surface area contributed by atoms with Crippen LogP contribution < -0.4 is 16.0 Å². The maximum atomic E-state index is 12.2. The van der Waals surface area contributed by atoms with E-state index < -0.39 is 11.9 Å². The zero-order valence-electron chi connectivity index (χ0n) is 16.2. The molecule has 0 saturated heterocycles. The lowest BCUT2D eigenvalue weighted by atomic mass is 10.0. The summed E-state index contributed by atoms with van der Waals surface area (Å²) < 4.78 is 7.46. The fraction of sp³-hybridized carbons (Fsp3) is 0.250. The number of carbonyl (C=O) groups excluding carboxylic acids is 1. The maximum absolute atomic E-state index is 12.2. The van der Waals surface area contributed by atoms with E-state index in [4.69, 9.17) is 10.2 Å². The lowest BCUT2D eigenvalue weighted by Crippen LogP contribution is -2.31. The number of carbonyl (C=O) groups is 1. The van der Waals surface area contributed by atoms with Crippen molar-refractivity contribution in [3.05, 3.63) is 59.2 Å². The molecule has 144 valence electrons. The van der Waals surface area contributed by atoms with Crippen molar-refractivity contribution in [2.24, 2.45) is 5.73 Å². The molecular weight excluding hydrogens is 356 g/mol. The fourth-order valence-electron chi connectivity index (χ4n) is 3.36. The number of fused-ring (bicyclic) bond motifs is 1. The number of anilines is 2. The predicted molar refractivity (Wildman–Crippen MR) is 107 cm³/mol. The number of rotatable bonds is 4. The number of hydrogen-bond donors (Lipinski definition) is 2. The van der Waals surface area contributed by atoms with Gasteiger partial charge in [0.05, 0.1) is 5.57 Å². The van der Waals surface area contributed by atoms with Gasteiger partial charge in [-0.25, -0.2) is 4.68 Å². The average Bonchev–Trinajstić information content (AvgIpc) is 3.26. The number of furan rings is 1. The highest BCUT2D eigenvalue weighted by molar-refractivity contribution is 5.95. The van der Waals surface area contributed by atoms with Gasteiger partial charge in [-0.1, -0.05) is 0 Å². The second-order valence-electron chi connectivity index (χ2n) is 7.02. The van der Waals surface area contributed by atoms with Gasteiger partial charge in [-0.05, 0) is 50.2 Å². The van der Waals surface area contributed by atoms with Crippen molar-refractivity contribution < 1.29 is 9.21 Å². The summed E-state index contributed by atoms with van der Waals surface area (Å²) in [6.45, 7) is 3.65. The van der Waals surface area contributed by atoms with Gasteiger partial charge in [0.15, 0.2) is 5.82 Å². The van der Waals surface area contributed by atoms with Gasteiger partial charge in [0.25, 0.3) is 0 Å². The number of primary amides is 1. The number of nitrogens with one attached hydrogen (secondary N) is 1. The van der Waals surface area contributed by atoms with Crippen molar-refractivity contribution in [1.82, 2.24) is 14.8 Å². The number of amides is 1. The molecule has 28 heavy (non-hydrogen) atoms. The number of hydrogen-bond acceptors (Lipinski definition) is 6. The van der Waals surface area contributed by atoms with E-state index in [9.17, 15) is 4.79 Å². The van der Waals surface area contributed by atoms with Gasteiger partial charge < -0.3 is 20.4 Å². The molecule has 8 heteroatoms. The van der Waals surface area contributed by atoms with Gasteiger partial charge in [-0.3, -0.25) is 4.79 Å². The highest BCUT2D eigenvalue weighted by atomic mass is 16.3. The Morgan fingerprint density at radius 1 is 1.18 bits per heavy atom. The van der Waals surface area contributed by atoms with Gasteiger partial charge >= 0.3 is 0 Å². The van der Waals surface area contributed by atoms with Crippen LogP contribution >= 0.6 is 0 Å². The molecule has 1 atom stereocenters. The van der Waals surface area contributed by atoms with Crippen LogP contribution in [-0.4, -0.2) is 34.8 Å². The number of benzene rings is 1. The van der Waals surface area contributed by atoms with Crippen LogP contribution in [0.3, 0.4) is 0 Å². The quantitative estimate of drug-likeness (QED) is 0.724. The monoisotopic (exact) mass is 378 g/mol. The Bertz CT molecular complexity index is 1070. The standard InChI is InChI=1S/C20H22N6O2/c1-11-5-10-15(28-11)17-16(18(21)27)12(2)22-20-23-19(24-26(17)20)13-6-8-14(9-7-13)25(3)4/h5-10,17H,1-4H3,(H2,21,27)(H,22,23,24). The third kappa shape index (κ3) is 2.92. The molecule has 0 radical (unpaired) electrons. The topological polar surface area (TPSA) is 102 Å². The molecule has 1 unspecified atom stereocenters. The molecule has 3 N–H and O–H groups in total. The average molecular weight is 378 g/mol. The van der Waals surface area contributed by atoms with Crippen LogP contribution in [0.1, 0.15) is 24.5 Å². The zero-order chi connectivity index (χ0) is 20.0. The van der Waals surface area contributed by atoms with Gasteiger partial charge in [0.1, 0.15) is 17.6 Å². The van der Waals surface area contributed by atoms with Gasteiger partial charge in [0, 0.05) is 31.0 Å². The van der Waals surface area contributed by atoms with Crippen LogP contribution in [0, 0.1) is 6.92 Å². The molecule has 3 aromatic rings. The first kappa shape index (κ1) is 17.8. The Morgan fingerprint density at radius 2 is 1.89 bits per heavy atom. The first-order chi connectivity index (χ1) is 13.3. The van der Waals surface area contributed by atoms with E-state index in [2.05, 4.69) is 15.4 Å². The van der Waals surface area contributed by atoms with Crippen LogP contribution in [0.15, 0.2) is 52.1 Å². The molecule has 1 aliphatic rings. The van der Waals surface area contributed by atoms with Crippen molar-refractivity contribution in [2.75, 3.05) is 24.3 Å².